The number of hydrogen-bond acceptors (Lipinski definition) is 2. The van der Waals surface area contributed by atoms with Crippen LogP contribution in [0, 0.1) is 6.92 Å². The summed E-state index contributed by atoms with van der Waals surface area (Å²) in [4.78, 5) is -0.281. The van der Waals surface area contributed by atoms with E-state index in [2.05, 4.69) is 15.9 Å². The Morgan fingerprint density at radius 1 is 1.42 bits per heavy atom. The average Bonchev–Trinajstić information content (AvgIpc) is 1.92. The van der Waals surface area contributed by atoms with Crippen LogP contribution in [0.5, 0.6) is 0 Å². The molecule has 1 aromatic rings. The molecule has 0 unspecified atom stereocenters. The Balaban J connectivity index is 3.47. The number of halogens is 2. The lowest BCUT2D eigenvalue weighted by molar-refractivity contribution is 0.551. The molecule has 0 bridgehead atoms. The van der Waals surface area contributed by atoms with E-state index in [1.165, 1.54) is 19.1 Å². The minimum atomic E-state index is -4.59. The summed E-state index contributed by atoms with van der Waals surface area (Å²) >= 11 is 3.11. The Bertz CT molecular complexity index is 400. The highest BCUT2D eigenvalue weighted by Crippen LogP contribution is 2.24. The van der Waals surface area contributed by atoms with Crippen molar-refractivity contribution >= 4 is 26.2 Å². The van der Waals surface area contributed by atoms with Crippen LogP contribution in [0.4, 0.5) is 3.89 Å². The van der Waals surface area contributed by atoms with Crippen LogP contribution in [0.15, 0.2) is 27.6 Å². The van der Waals surface area contributed by atoms with Gasteiger partial charge in [0.2, 0.25) is 0 Å². The Morgan fingerprint density at radius 3 is 2.42 bits per heavy atom. The van der Waals surface area contributed by atoms with Gasteiger partial charge in [-0.15, -0.1) is 3.89 Å². The molecule has 12 heavy (non-hydrogen) atoms. The van der Waals surface area contributed by atoms with Crippen molar-refractivity contribution in [2.45, 2.75) is 11.8 Å². The molecule has 0 fully saturated rings. The fraction of sp³-hybridized carbons (Fsp3) is 0.143. The Morgan fingerprint density at radius 2 is 2.00 bits per heavy atom. The van der Waals surface area contributed by atoms with Crippen molar-refractivity contribution in [1.82, 2.24) is 0 Å². The molecule has 1 aromatic carbocycles. The van der Waals surface area contributed by atoms with E-state index in [9.17, 15) is 12.3 Å². The van der Waals surface area contributed by atoms with Gasteiger partial charge < -0.3 is 0 Å². The van der Waals surface area contributed by atoms with Crippen molar-refractivity contribution in [3.63, 3.8) is 0 Å². The minimum Gasteiger partial charge on any atom is -0.189 e. The summed E-state index contributed by atoms with van der Waals surface area (Å²) in [6.45, 7) is 1.54. The molecule has 0 atom stereocenters. The van der Waals surface area contributed by atoms with E-state index in [-0.39, 0.29) is 4.90 Å². The maximum absolute atomic E-state index is 12.5. The van der Waals surface area contributed by atoms with Crippen LogP contribution in [0.3, 0.4) is 0 Å². The van der Waals surface area contributed by atoms with Crippen LogP contribution in [0.1, 0.15) is 5.56 Å². The van der Waals surface area contributed by atoms with E-state index in [0.29, 0.717) is 10.0 Å². The van der Waals surface area contributed by atoms with Crippen molar-refractivity contribution in [1.29, 1.82) is 0 Å². The van der Waals surface area contributed by atoms with Gasteiger partial charge >= 0.3 is 10.2 Å². The standard InChI is InChI=1S/C7H6BrFO2S/c1-5-6(8)3-2-4-7(5)12(9,10)11/h2-4H,1H3. The zero-order valence-electron chi connectivity index (χ0n) is 6.21. The third kappa shape index (κ3) is 1.84. The first-order chi connectivity index (χ1) is 5.43. The fourth-order valence-corrected chi connectivity index (χ4v) is 2.07. The van der Waals surface area contributed by atoms with Gasteiger partial charge in [0, 0.05) is 4.47 Å². The number of benzene rings is 1. The second-order valence-corrected chi connectivity index (χ2v) is 4.47. The summed E-state index contributed by atoms with van der Waals surface area (Å²) in [5.74, 6) is 0. The van der Waals surface area contributed by atoms with Crippen LogP contribution in [-0.2, 0) is 10.2 Å². The predicted octanol–water partition coefficient (Wildman–Crippen LogP) is 2.42. The molecule has 1 rings (SSSR count). The van der Waals surface area contributed by atoms with Gasteiger partial charge in [-0.05, 0) is 24.6 Å². The molecule has 0 radical (unpaired) electrons. The SMILES string of the molecule is Cc1c(Br)cccc1S(=O)(=O)F. The topological polar surface area (TPSA) is 34.1 Å². The number of hydrogen-bond donors (Lipinski definition) is 0. The normalized spacial score (nSPS) is 11.6. The van der Waals surface area contributed by atoms with Crippen LogP contribution >= 0.6 is 15.9 Å². The zero-order chi connectivity index (χ0) is 9.35. The summed E-state index contributed by atoms with van der Waals surface area (Å²) in [6.07, 6.45) is 0. The molecule has 0 aromatic heterocycles. The average molecular weight is 253 g/mol. The van der Waals surface area contributed by atoms with Crippen LogP contribution in [0.25, 0.3) is 0 Å². The van der Waals surface area contributed by atoms with Crippen molar-refractivity contribution in [2.24, 2.45) is 0 Å². The highest BCUT2D eigenvalue weighted by Gasteiger charge is 2.15. The van der Waals surface area contributed by atoms with Crippen molar-refractivity contribution in [3.05, 3.63) is 28.2 Å². The second kappa shape index (κ2) is 3.14. The largest absolute Gasteiger partial charge is 0.332 e. The molecule has 0 aliphatic carbocycles. The Kier molecular flexibility index (Phi) is 2.53. The van der Waals surface area contributed by atoms with Crippen molar-refractivity contribution in [2.75, 3.05) is 0 Å². The molecular weight excluding hydrogens is 247 g/mol. The second-order valence-electron chi connectivity index (χ2n) is 2.30. The molecule has 66 valence electrons. The van der Waals surface area contributed by atoms with Gasteiger partial charge in [0.1, 0.15) is 4.90 Å². The summed E-state index contributed by atoms with van der Waals surface area (Å²) < 4.78 is 34.1. The van der Waals surface area contributed by atoms with Crippen LogP contribution < -0.4 is 0 Å². The molecule has 0 amide bonds. The summed E-state index contributed by atoms with van der Waals surface area (Å²) in [7, 11) is -4.59. The molecule has 5 heteroatoms. The predicted molar refractivity (Wildman–Crippen MR) is 47.2 cm³/mol. The lowest BCUT2D eigenvalue weighted by Gasteiger charge is -2.01. The molecular formula is C7H6BrFO2S. The van der Waals surface area contributed by atoms with E-state index < -0.39 is 10.2 Å². The van der Waals surface area contributed by atoms with Gasteiger partial charge in [0.25, 0.3) is 0 Å². The molecule has 0 spiro atoms. The first-order valence-electron chi connectivity index (χ1n) is 3.12. The Hall–Kier alpha value is -0.420. The molecule has 0 N–H and O–H groups in total. The lowest BCUT2D eigenvalue weighted by atomic mass is 10.2. The lowest BCUT2D eigenvalue weighted by Crippen LogP contribution is -1.95. The third-order valence-electron chi connectivity index (χ3n) is 1.48. The first kappa shape index (κ1) is 9.67. The molecule has 0 saturated heterocycles. The van der Waals surface area contributed by atoms with Gasteiger partial charge in [-0.2, -0.15) is 8.42 Å². The molecule has 0 saturated carbocycles. The zero-order valence-corrected chi connectivity index (χ0v) is 8.62. The van der Waals surface area contributed by atoms with E-state index in [1.807, 2.05) is 0 Å². The summed E-state index contributed by atoms with van der Waals surface area (Å²) in [5, 5.41) is 0. The smallest absolute Gasteiger partial charge is 0.189 e. The van der Waals surface area contributed by atoms with Gasteiger partial charge in [0.15, 0.2) is 0 Å². The fourth-order valence-electron chi connectivity index (χ4n) is 0.852. The molecule has 0 aliphatic heterocycles. The van der Waals surface area contributed by atoms with Crippen molar-refractivity contribution < 1.29 is 12.3 Å². The van der Waals surface area contributed by atoms with Gasteiger partial charge in [-0.1, -0.05) is 22.0 Å². The first-order valence-corrected chi connectivity index (χ1v) is 5.30. The van der Waals surface area contributed by atoms with Gasteiger partial charge in [0.05, 0.1) is 0 Å². The van der Waals surface area contributed by atoms with Crippen LogP contribution in [-0.4, -0.2) is 8.42 Å². The molecule has 2 nitrogen and oxygen atoms in total. The number of rotatable bonds is 1. The minimum absolute atomic E-state index is 0.281. The van der Waals surface area contributed by atoms with Gasteiger partial charge in [-0.25, -0.2) is 0 Å². The maximum Gasteiger partial charge on any atom is 0.332 e. The molecule has 0 heterocycles. The maximum atomic E-state index is 12.5. The summed E-state index contributed by atoms with van der Waals surface area (Å²) in [6, 6.07) is 4.36. The highest BCUT2D eigenvalue weighted by atomic mass is 79.9. The Labute approximate surface area is 78.8 Å². The molecule has 0 aliphatic rings. The third-order valence-corrected chi connectivity index (χ3v) is 3.31. The van der Waals surface area contributed by atoms with Gasteiger partial charge in [-0.3, -0.25) is 0 Å². The van der Waals surface area contributed by atoms with E-state index in [4.69, 9.17) is 0 Å². The quantitative estimate of drug-likeness (QED) is 0.720. The van der Waals surface area contributed by atoms with E-state index in [0.717, 1.165) is 0 Å². The van der Waals surface area contributed by atoms with Crippen LogP contribution in [0.2, 0.25) is 0 Å². The van der Waals surface area contributed by atoms with E-state index in [1.54, 1.807) is 6.07 Å². The summed E-state index contributed by atoms with van der Waals surface area (Å²) in [5.41, 5.74) is 0.389. The highest BCUT2D eigenvalue weighted by molar-refractivity contribution is 9.10. The van der Waals surface area contributed by atoms with Crippen molar-refractivity contribution in [3.8, 4) is 0 Å². The monoisotopic (exact) mass is 252 g/mol. The van der Waals surface area contributed by atoms with E-state index >= 15 is 0 Å².